The SMILES string of the molecule is CC(C)CNCCCOC1CCC(C)(C)CC1. The Bertz CT molecular complexity index is 191. The molecule has 0 aromatic rings. The average Bonchev–Trinajstić information content (AvgIpc) is 2.25. The highest BCUT2D eigenvalue weighted by atomic mass is 16.5. The van der Waals surface area contributed by atoms with E-state index in [1.807, 2.05) is 0 Å². The monoisotopic (exact) mass is 241 g/mol. The fourth-order valence-corrected chi connectivity index (χ4v) is 2.38. The second kappa shape index (κ2) is 7.38. The highest BCUT2D eigenvalue weighted by Gasteiger charge is 2.26. The van der Waals surface area contributed by atoms with Crippen molar-refractivity contribution in [1.82, 2.24) is 5.32 Å². The standard InChI is InChI=1S/C15H31NO/c1-13(2)12-16-10-5-11-17-14-6-8-15(3,4)9-7-14/h13-14,16H,5-12H2,1-4H3. The van der Waals surface area contributed by atoms with Gasteiger partial charge < -0.3 is 10.1 Å². The van der Waals surface area contributed by atoms with Crippen LogP contribution in [0.5, 0.6) is 0 Å². The molecule has 1 fully saturated rings. The van der Waals surface area contributed by atoms with E-state index in [0.717, 1.165) is 32.0 Å². The Labute approximate surface area is 108 Å². The molecule has 0 unspecified atom stereocenters. The molecule has 1 aliphatic rings. The Hall–Kier alpha value is -0.0800. The Morgan fingerprint density at radius 1 is 1.24 bits per heavy atom. The summed E-state index contributed by atoms with van der Waals surface area (Å²) in [6.07, 6.45) is 6.84. The summed E-state index contributed by atoms with van der Waals surface area (Å²) < 4.78 is 5.94. The molecule has 102 valence electrons. The Morgan fingerprint density at radius 2 is 1.88 bits per heavy atom. The van der Waals surface area contributed by atoms with Crippen LogP contribution in [0.1, 0.15) is 59.8 Å². The van der Waals surface area contributed by atoms with E-state index in [1.54, 1.807) is 0 Å². The summed E-state index contributed by atoms with van der Waals surface area (Å²) in [5, 5.41) is 3.46. The van der Waals surface area contributed by atoms with E-state index in [-0.39, 0.29) is 0 Å². The van der Waals surface area contributed by atoms with Crippen LogP contribution in [0.2, 0.25) is 0 Å². The van der Waals surface area contributed by atoms with Crippen molar-refractivity contribution < 1.29 is 4.74 Å². The number of rotatable bonds is 7. The molecule has 2 heteroatoms. The smallest absolute Gasteiger partial charge is 0.0575 e. The van der Waals surface area contributed by atoms with Crippen LogP contribution < -0.4 is 5.32 Å². The zero-order chi connectivity index (χ0) is 12.7. The molecule has 1 saturated carbocycles. The van der Waals surface area contributed by atoms with Crippen molar-refractivity contribution in [2.24, 2.45) is 11.3 Å². The van der Waals surface area contributed by atoms with Gasteiger partial charge in [0.25, 0.3) is 0 Å². The van der Waals surface area contributed by atoms with Gasteiger partial charge in [-0.2, -0.15) is 0 Å². The van der Waals surface area contributed by atoms with Crippen LogP contribution in [0.3, 0.4) is 0 Å². The largest absolute Gasteiger partial charge is 0.378 e. The first kappa shape index (κ1) is 15.0. The first-order chi connectivity index (χ1) is 7.99. The molecule has 0 heterocycles. The van der Waals surface area contributed by atoms with Gasteiger partial charge in [0, 0.05) is 6.61 Å². The molecular weight excluding hydrogens is 210 g/mol. The van der Waals surface area contributed by atoms with E-state index < -0.39 is 0 Å². The van der Waals surface area contributed by atoms with Gasteiger partial charge in [0.15, 0.2) is 0 Å². The van der Waals surface area contributed by atoms with E-state index in [1.165, 1.54) is 25.7 Å². The third-order valence-corrected chi connectivity index (χ3v) is 3.69. The van der Waals surface area contributed by atoms with Gasteiger partial charge in [-0.1, -0.05) is 27.7 Å². The van der Waals surface area contributed by atoms with Crippen molar-refractivity contribution in [2.75, 3.05) is 19.7 Å². The van der Waals surface area contributed by atoms with Crippen molar-refractivity contribution in [3.63, 3.8) is 0 Å². The van der Waals surface area contributed by atoms with Crippen LogP contribution in [0, 0.1) is 11.3 Å². The molecule has 17 heavy (non-hydrogen) atoms. The van der Waals surface area contributed by atoms with E-state index in [2.05, 4.69) is 33.0 Å². The molecular formula is C15H31NO. The molecule has 0 saturated heterocycles. The average molecular weight is 241 g/mol. The maximum absolute atomic E-state index is 5.94. The molecule has 0 atom stereocenters. The normalized spacial score (nSPS) is 21.0. The molecule has 0 aromatic carbocycles. The first-order valence-corrected chi connectivity index (χ1v) is 7.32. The number of hydrogen-bond donors (Lipinski definition) is 1. The van der Waals surface area contributed by atoms with Gasteiger partial charge in [-0.15, -0.1) is 0 Å². The van der Waals surface area contributed by atoms with Crippen LogP contribution in [-0.4, -0.2) is 25.8 Å². The zero-order valence-electron chi connectivity index (χ0n) is 12.2. The lowest BCUT2D eigenvalue weighted by molar-refractivity contribution is 0.00351. The highest BCUT2D eigenvalue weighted by molar-refractivity contribution is 4.78. The molecule has 0 aromatic heterocycles. The van der Waals surface area contributed by atoms with Gasteiger partial charge >= 0.3 is 0 Å². The van der Waals surface area contributed by atoms with E-state index in [0.29, 0.717) is 11.5 Å². The van der Waals surface area contributed by atoms with Gasteiger partial charge in [-0.05, 0) is 56.5 Å². The van der Waals surface area contributed by atoms with Crippen molar-refractivity contribution in [1.29, 1.82) is 0 Å². The quantitative estimate of drug-likeness (QED) is 0.688. The molecule has 1 aliphatic carbocycles. The predicted molar refractivity (Wildman–Crippen MR) is 74.3 cm³/mol. The van der Waals surface area contributed by atoms with Gasteiger partial charge in [0.2, 0.25) is 0 Å². The van der Waals surface area contributed by atoms with E-state index in [9.17, 15) is 0 Å². The molecule has 0 spiro atoms. The topological polar surface area (TPSA) is 21.3 Å². The lowest BCUT2D eigenvalue weighted by atomic mass is 9.76. The summed E-state index contributed by atoms with van der Waals surface area (Å²) in [6.45, 7) is 12.4. The van der Waals surface area contributed by atoms with Crippen LogP contribution in [0.4, 0.5) is 0 Å². The zero-order valence-corrected chi connectivity index (χ0v) is 12.2. The number of hydrogen-bond acceptors (Lipinski definition) is 2. The summed E-state index contributed by atoms with van der Waals surface area (Å²) >= 11 is 0. The Morgan fingerprint density at radius 3 is 2.47 bits per heavy atom. The Balaban J connectivity index is 1.94. The summed E-state index contributed by atoms with van der Waals surface area (Å²) in [5.41, 5.74) is 0.554. The fraction of sp³-hybridized carbons (Fsp3) is 1.00. The van der Waals surface area contributed by atoms with E-state index in [4.69, 9.17) is 4.74 Å². The number of nitrogens with one attached hydrogen (secondary N) is 1. The van der Waals surface area contributed by atoms with Gasteiger partial charge in [0.05, 0.1) is 6.10 Å². The van der Waals surface area contributed by atoms with Gasteiger partial charge in [-0.25, -0.2) is 0 Å². The first-order valence-electron chi connectivity index (χ1n) is 7.32. The Kier molecular flexibility index (Phi) is 6.50. The van der Waals surface area contributed by atoms with Crippen LogP contribution >= 0.6 is 0 Å². The summed E-state index contributed by atoms with van der Waals surface area (Å²) in [6, 6.07) is 0. The highest BCUT2D eigenvalue weighted by Crippen LogP contribution is 2.36. The second-order valence-electron chi connectivity index (χ2n) is 6.69. The predicted octanol–water partition coefficient (Wildman–Crippen LogP) is 3.61. The van der Waals surface area contributed by atoms with Crippen molar-refractivity contribution in [3.05, 3.63) is 0 Å². The summed E-state index contributed by atoms with van der Waals surface area (Å²) in [5.74, 6) is 0.747. The maximum Gasteiger partial charge on any atom is 0.0575 e. The minimum atomic E-state index is 0.535. The number of ether oxygens (including phenoxy) is 1. The molecule has 0 amide bonds. The fourth-order valence-electron chi connectivity index (χ4n) is 2.38. The van der Waals surface area contributed by atoms with Crippen molar-refractivity contribution >= 4 is 0 Å². The third kappa shape index (κ3) is 7.05. The molecule has 1 N–H and O–H groups in total. The molecule has 0 aliphatic heterocycles. The third-order valence-electron chi connectivity index (χ3n) is 3.69. The van der Waals surface area contributed by atoms with Crippen LogP contribution in [-0.2, 0) is 4.74 Å². The van der Waals surface area contributed by atoms with E-state index >= 15 is 0 Å². The molecule has 0 bridgehead atoms. The molecule has 1 rings (SSSR count). The second-order valence-corrected chi connectivity index (χ2v) is 6.69. The minimum Gasteiger partial charge on any atom is -0.378 e. The van der Waals surface area contributed by atoms with Crippen LogP contribution in [0.15, 0.2) is 0 Å². The minimum absolute atomic E-state index is 0.535. The lowest BCUT2D eigenvalue weighted by Crippen LogP contribution is -2.27. The summed E-state index contributed by atoms with van der Waals surface area (Å²) in [7, 11) is 0. The molecule has 0 radical (unpaired) electrons. The summed E-state index contributed by atoms with van der Waals surface area (Å²) in [4.78, 5) is 0. The lowest BCUT2D eigenvalue weighted by Gasteiger charge is -2.34. The molecule has 2 nitrogen and oxygen atoms in total. The van der Waals surface area contributed by atoms with Gasteiger partial charge in [0.1, 0.15) is 0 Å². The van der Waals surface area contributed by atoms with Crippen molar-refractivity contribution in [3.8, 4) is 0 Å². The maximum atomic E-state index is 5.94. The van der Waals surface area contributed by atoms with Gasteiger partial charge in [-0.3, -0.25) is 0 Å². The van der Waals surface area contributed by atoms with Crippen LogP contribution in [0.25, 0.3) is 0 Å². The van der Waals surface area contributed by atoms with Crippen molar-refractivity contribution in [2.45, 2.75) is 65.9 Å².